The predicted molar refractivity (Wildman–Crippen MR) is 91.8 cm³/mol. The molecule has 0 aromatic rings. The molecule has 0 aliphatic heterocycles. The highest BCUT2D eigenvalue weighted by atomic mass is 16.5. The van der Waals surface area contributed by atoms with E-state index in [1.165, 1.54) is 52.1 Å². The molecule has 0 fully saturated rings. The predicted octanol–water partition coefficient (Wildman–Crippen LogP) is 4.96. The highest BCUT2D eigenvalue weighted by molar-refractivity contribution is 5.72. The number of rotatable bonds is 13. The number of ether oxygens (including phenoxy) is 1. The molecule has 0 aliphatic rings. The third-order valence-electron chi connectivity index (χ3n) is 3.61. The van der Waals surface area contributed by atoms with Crippen LogP contribution >= 0.6 is 0 Å². The third-order valence-corrected chi connectivity index (χ3v) is 3.61. The van der Waals surface area contributed by atoms with Gasteiger partial charge in [-0.3, -0.25) is 0 Å². The first-order chi connectivity index (χ1) is 10.7. The lowest BCUT2D eigenvalue weighted by molar-refractivity contribution is -0.148. The highest BCUT2D eigenvalue weighted by Crippen LogP contribution is 2.08. The Hall–Kier alpha value is -1.27. The summed E-state index contributed by atoms with van der Waals surface area (Å²) in [6.45, 7) is 2.24. The van der Waals surface area contributed by atoms with Crippen molar-refractivity contribution in [3.8, 4) is 11.8 Å². The first kappa shape index (κ1) is 20.7. The van der Waals surface area contributed by atoms with E-state index in [9.17, 15) is 4.79 Å². The number of carbonyl (C=O) groups is 1. The van der Waals surface area contributed by atoms with E-state index < -0.39 is 12.1 Å². The molecule has 0 bridgehead atoms. The number of unbranched alkanes of at least 4 members (excludes halogenated alkanes) is 8. The number of methoxy groups -OCH3 is 1. The first-order valence-corrected chi connectivity index (χ1v) is 8.61. The fraction of sp³-hybridized carbons (Fsp3) is 0.737. The van der Waals surface area contributed by atoms with Gasteiger partial charge in [-0.1, -0.05) is 63.4 Å². The van der Waals surface area contributed by atoms with Crippen LogP contribution in [0.3, 0.4) is 0 Å². The zero-order chi connectivity index (χ0) is 16.5. The van der Waals surface area contributed by atoms with E-state index in [1.807, 2.05) is 12.2 Å². The van der Waals surface area contributed by atoms with Crippen molar-refractivity contribution in [3.63, 3.8) is 0 Å². The van der Waals surface area contributed by atoms with Crippen LogP contribution < -0.4 is 0 Å². The van der Waals surface area contributed by atoms with E-state index in [4.69, 9.17) is 9.84 Å². The largest absolute Gasteiger partial charge is 0.479 e. The third kappa shape index (κ3) is 13.7. The first-order valence-electron chi connectivity index (χ1n) is 8.61. The second-order valence-corrected chi connectivity index (χ2v) is 5.59. The Morgan fingerprint density at radius 3 is 2.45 bits per heavy atom. The van der Waals surface area contributed by atoms with Gasteiger partial charge in [-0.15, -0.1) is 0 Å². The molecule has 3 nitrogen and oxygen atoms in total. The van der Waals surface area contributed by atoms with Crippen molar-refractivity contribution in [3.05, 3.63) is 12.2 Å². The molecule has 0 aromatic carbocycles. The molecule has 0 rings (SSSR count). The molecule has 0 amide bonds. The number of hydrogen-bond acceptors (Lipinski definition) is 2. The van der Waals surface area contributed by atoms with Gasteiger partial charge < -0.3 is 9.84 Å². The number of allylic oxidation sites excluding steroid dienone is 2. The van der Waals surface area contributed by atoms with Crippen molar-refractivity contribution in [1.29, 1.82) is 0 Å². The van der Waals surface area contributed by atoms with Crippen molar-refractivity contribution in [1.82, 2.24) is 0 Å². The van der Waals surface area contributed by atoms with E-state index in [0.717, 1.165) is 19.3 Å². The summed E-state index contributed by atoms with van der Waals surface area (Å²) >= 11 is 0. The number of carboxylic acid groups (broad SMARTS) is 1. The van der Waals surface area contributed by atoms with Crippen molar-refractivity contribution < 1.29 is 14.6 Å². The number of carboxylic acids is 1. The fourth-order valence-electron chi connectivity index (χ4n) is 2.21. The lowest BCUT2D eigenvalue weighted by Gasteiger charge is -2.08. The van der Waals surface area contributed by atoms with Gasteiger partial charge in [-0.25, -0.2) is 4.79 Å². The van der Waals surface area contributed by atoms with Crippen molar-refractivity contribution >= 4 is 5.97 Å². The molecule has 1 atom stereocenters. The van der Waals surface area contributed by atoms with Crippen molar-refractivity contribution in [2.45, 2.75) is 83.7 Å². The van der Waals surface area contributed by atoms with Crippen LogP contribution in [0.15, 0.2) is 12.2 Å². The molecule has 0 saturated heterocycles. The van der Waals surface area contributed by atoms with Gasteiger partial charge in [0.25, 0.3) is 0 Å². The van der Waals surface area contributed by atoms with E-state index in [0.29, 0.717) is 6.42 Å². The molecule has 0 heterocycles. The van der Waals surface area contributed by atoms with Gasteiger partial charge in [0.1, 0.15) is 0 Å². The zero-order valence-corrected chi connectivity index (χ0v) is 14.3. The average molecular weight is 308 g/mol. The smallest absolute Gasteiger partial charge is 0.332 e. The zero-order valence-electron chi connectivity index (χ0n) is 14.3. The summed E-state index contributed by atoms with van der Waals surface area (Å²) in [4.78, 5) is 10.7. The van der Waals surface area contributed by atoms with E-state index in [2.05, 4.69) is 18.8 Å². The van der Waals surface area contributed by atoms with Crippen molar-refractivity contribution in [2.24, 2.45) is 0 Å². The van der Waals surface area contributed by atoms with Crippen LogP contribution in [0.4, 0.5) is 0 Å². The quantitative estimate of drug-likeness (QED) is 0.386. The normalized spacial score (nSPS) is 12.1. The molecule has 126 valence electrons. The topological polar surface area (TPSA) is 46.5 Å². The summed E-state index contributed by atoms with van der Waals surface area (Å²) in [7, 11) is 1.43. The summed E-state index contributed by atoms with van der Waals surface area (Å²) < 4.78 is 4.87. The molecule has 0 saturated carbocycles. The maximum absolute atomic E-state index is 10.7. The van der Waals surface area contributed by atoms with Gasteiger partial charge in [0.2, 0.25) is 0 Å². The maximum Gasteiger partial charge on any atom is 0.332 e. The average Bonchev–Trinajstić information content (AvgIpc) is 2.51. The minimum absolute atomic E-state index is 0.543. The molecule has 0 aliphatic carbocycles. The van der Waals surface area contributed by atoms with Gasteiger partial charge in [-0.2, -0.15) is 0 Å². The SMILES string of the molecule is CCCCCCCCCC#C/C=C/CCC[C@H](OC)C(=O)O. The Bertz CT molecular complexity index is 349. The van der Waals surface area contributed by atoms with Crippen LogP contribution in [0.5, 0.6) is 0 Å². The molecular formula is C19H32O3. The number of aliphatic carboxylic acids is 1. The highest BCUT2D eigenvalue weighted by Gasteiger charge is 2.14. The minimum Gasteiger partial charge on any atom is -0.479 e. The summed E-state index contributed by atoms with van der Waals surface area (Å²) in [6, 6.07) is 0. The van der Waals surface area contributed by atoms with Crippen LogP contribution in [0.2, 0.25) is 0 Å². The summed E-state index contributed by atoms with van der Waals surface area (Å²) in [5.74, 6) is 5.32. The Morgan fingerprint density at radius 1 is 1.14 bits per heavy atom. The Kier molecular flexibility index (Phi) is 15.2. The molecule has 0 spiro atoms. The lowest BCUT2D eigenvalue weighted by atomic mass is 10.1. The van der Waals surface area contributed by atoms with Crippen LogP contribution in [0.1, 0.15) is 77.6 Å². The standard InChI is InChI=1S/C19H32O3/c1-3-4-5-6-7-8-9-10-11-12-13-14-15-16-17-18(22-2)19(20)21/h13-14,18H,3-10,15-17H2,1-2H3,(H,20,21)/b14-13+/t18-/m0/s1. The van der Waals surface area contributed by atoms with Gasteiger partial charge in [0.15, 0.2) is 6.10 Å². The molecule has 0 aromatic heterocycles. The van der Waals surface area contributed by atoms with Gasteiger partial charge in [0, 0.05) is 13.5 Å². The molecular weight excluding hydrogens is 276 g/mol. The molecule has 1 N–H and O–H groups in total. The minimum atomic E-state index is -0.888. The Labute approximate surface area is 136 Å². The molecule has 3 heteroatoms. The summed E-state index contributed by atoms with van der Waals surface area (Å²) in [5, 5.41) is 8.81. The van der Waals surface area contributed by atoms with E-state index in [1.54, 1.807) is 0 Å². The van der Waals surface area contributed by atoms with E-state index in [-0.39, 0.29) is 0 Å². The Balaban J connectivity index is 3.45. The maximum atomic E-state index is 10.7. The summed E-state index contributed by atoms with van der Waals surface area (Å²) in [6.07, 6.45) is 15.6. The van der Waals surface area contributed by atoms with E-state index >= 15 is 0 Å². The molecule has 22 heavy (non-hydrogen) atoms. The lowest BCUT2D eigenvalue weighted by Crippen LogP contribution is -2.21. The van der Waals surface area contributed by atoms with Crippen molar-refractivity contribution in [2.75, 3.05) is 7.11 Å². The second-order valence-electron chi connectivity index (χ2n) is 5.59. The summed E-state index contributed by atoms with van der Waals surface area (Å²) in [5.41, 5.74) is 0. The van der Waals surface area contributed by atoms with Crippen LogP contribution in [0, 0.1) is 11.8 Å². The molecule has 0 radical (unpaired) electrons. The molecule has 0 unspecified atom stereocenters. The monoisotopic (exact) mass is 308 g/mol. The number of hydrogen-bond donors (Lipinski definition) is 1. The Morgan fingerprint density at radius 2 is 1.82 bits per heavy atom. The van der Waals surface area contributed by atoms with Gasteiger partial charge >= 0.3 is 5.97 Å². The van der Waals surface area contributed by atoms with Gasteiger partial charge in [-0.05, 0) is 31.8 Å². The van der Waals surface area contributed by atoms with Crippen LogP contribution in [-0.2, 0) is 9.53 Å². The fourth-order valence-corrected chi connectivity index (χ4v) is 2.21. The van der Waals surface area contributed by atoms with Crippen LogP contribution in [0.25, 0.3) is 0 Å². The van der Waals surface area contributed by atoms with Crippen LogP contribution in [-0.4, -0.2) is 24.3 Å². The van der Waals surface area contributed by atoms with Gasteiger partial charge in [0.05, 0.1) is 0 Å². The second kappa shape index (κ2) is 16.1.